The molecule has 0 unspecified atom stereocenters. The lowest BCUT2D eigenvalue weighted by Gasteiger charge is -2.25. The second-order valence-electron chi connectivity index (χ2n) is 7.94. The highest BCUT2D eigenvalue weighted by Crippen LogP contribution is 2.37. The van der Waals surface area contributed by atoms with Gasteiger partial charge in [-0.3, -0.25) is 15.0 Å². The summed E-state index contributed by atoms with van der Waals surface area (Å²) >= 11 is 6.59. The summed E-state index contributed by atoms with van der Waals surface area (Å²) in [6.45, 7) is 9.83. The number of nitrogens with one attached hydrogen (secondary N) is 1. The Kier molecular flexibility index (Phi) is 7.49. The minimum absolute atomic E-state index is 0.0146. The molecule has 0 amide bonds. The normalized spacial score (nSPS) is 15.8. The predicted octanol–water partition coefficient (Wildman–Crippen LogP) is 6.04. The first-order chi connectivity index (χ1) is 14.9. The second kappa shape index (κ2) is 10.1. The van der Waals surface area contributed by atoms with E-state index in [9.17, 15) is 10.1 Å². The van der Waals surface area contributed by atoms with Gasteiger partial charge >= 0.3 is 0 Å². The van der Waals surface area contributed by atoms with Crippen molar-refractivity contribution in [2.24, 2.45) is 4.99 Å². The van der Waals surface area contributed by atoms with Gasteiger partial charge in [0.1, 0.15) is 12.0 Å². The van der Waals surface area contributed by atoms with Gasteiger partial charge in [0, 0.05) is 19.2 Å². The molecular weight excluding hydrogens is 414 g/mol. The van der Waals surface area contributed by atoms with Gasteiger partial charge in [-0.05, 0) is 68.2 Å². The molecular formula is C23H30ClN5O2. The number of guanidine groups is 1. The topological polar surface area (TPSA) is 83.7 Å². The van der Waals surface area contributed by atoms with Crippen LogP contribution in [-0.2, 0) is 0 Å². The Morgan fingerprint density at radius 2 is 2.03 bits per heavy atom. The Morgan fingerprint density at radius 3 is 2.68 bits per heavy atom. The lowest BCUT2D eigenvalue weighted by atomic mass is 9.90. The molecule has 1 fully saturated rings. The monoisotopic (exact) mass is 443 g/mol. The Labute approximate surface area is 188 Å². The van der Waals surface area contributed by atoms with Crippen molar-refractivity contribution in [1.29, 1.82) is 0 Å². The maximum Gasteiger partial charge on any atom is 0.287 e. The van der Waals surface area contributed by atoms with E-state index in [1.165, 1.54) is 11.8 Å². The Morgan fingerprint density at radius 1 is 1.29 bits per heavy atom. The molecule has 1 N–H and O–H groups in total. The summed E-state index contributed by atoms with van der Waals surface area (Å²) in [5.41, 5.74) is 3.85. The number of aliphatic imine (C=N–C) groups is 1. The quantitative estimate of drug-likeness (QED) is 0.434. The maximum absolute atomic E-state index is 11.1. The second-order valence-corrected chi connectivity index (χ2v) is 8.34. The Bertz CT molecular complexity index is 988. The molecule has 166 valence electrons. The Hall–Kier alpha value is -2.67. The number of benzene rings is 1. The molecule has 1 saturated heterocycles. The number of anilines is 1. The van der Waals surface area contributed by atoms with Crippen LogP contribution in [0.4, 0.5) is 17.2 Å². The van der Waals surface area contributed by atoms with Crippen molar-refractivity contribution in [3.8, 4) is 0 Å². The molecule has 0 spiro atoms. The fourth-order valence-corrected chi connectivity index (χ4v) is 4.38. The number of aromatic nitrogens is 1. The molecule has 1 aliphatic rings. The van der Waals surface area contributed by atoms with Crippen LogP contribution in [0.15, 0.2) is 29.4 Å². The van der Waals surface area contributed by atoms with Gasteiger partial charge in [0.05, 0.1) is 15.6 Å². The van der Waals surface area contributed by atoms with E-state index in [1.807, 2.05) is 17.9 Å². The molecule has 1 aliphatic heterocycles. The van der Waals surface area contributed by atoms with Crippen LogP contribution in [0.25, 0.3) is 0 Å². The molecule has 31 heavy (non-hydrogen) atoms. The van der Waals surface area contributed by atoms with Crippen LogP contribution >= 0.6 is 11.6 Å². The standard InChI is InChI=1S/C23H30ClN5O2/c1-5-17(6-2)19-9-10-20(24)21(16(19)4)27-23-25-11-7-8-12-28(23)22-15(3)13-18(14-26-22)29(30)31/h9-10,13-14,17H,5-8,11-12H2,1-4H3,(H,25,27). The molecule has 1 aromatic carbocycles. The number of rotatable bonds is 6. The molecule has 2 heterocycles. The van der Waals surface area contributed by atoms with Crippen LogP contribution in [-0.4, -0.2) is 29.0 Å². The smallest absolute Gasteiger partial charge is 0.287 e. The highest BCUT2D eigenvalue weighted by Gasteiger charge is 2.23. The predicted molar refractivity (Wildman–Crippen MR) is 127 cm³/mol. The molecule has 7 nitrogen and oxygen atoms in total. The molecule has 8 heteroatoms. The van der Waals surface area contributed by atoms with Gasteiger partial charge in [-0.25, -0.2) is 9.98 Å². The number of pyridine rings is 1. The molecule has 1 aromatic heterocycles. The summed E-state index contributed by atoms with van der Waals surface area (Å²) in [7, 11) is 0. The zero-order valence-corrected chi connectivity index (χ0v) is 19.4. The van der Waals surface area contributed by atoms with Gasteiger partial charge in [-0.1, -0.05) is 31.5 Å². The summed E-state index contributed by atoms with van der Waals surface area (Å²) in [6, 6.07) is 5.59. The fraction of sp³-hybridized carbons (Fsp3) is 0.478. The van der Waals surface area contributed by atoms with E-state index in [4.69, 9.17) is 16.6 Å². The highest BCUT2D eigenvalue weighted by atomic mass is 35.5. The molecule has 0 aliphatic carbocycles. The van der Waals surface area contributed by atoms with Crippen molar-refractivity contribution in [1.82, 2.24) is 10.3 Å². The van der Waals surface area contributed by atoms with Crippen molar-refractivity contribution in [3.63, 3.8) is 0 Å². The summed E-state index contributed by atoms with van der Waals surface area (Å²) in [6.07, 6.45) is 5.39. The summed E-state index contributed by atoms with van der Waals surface area (Å²) in [4.78, 5) is 22.1. The molecule has 3 rings (SSSR count). The van der Waals surface area contributed by atoms with E-state index in [-0.39, 0.29) is 5.69 Å². The number of hydrogen-bond acceptors (Lipinski definition) is 4. The minimum atomic E-state index is -0.425. The van der Waals surface area contributed by atoms with Crippen LogP contribution in [0.2, 0.25) is 5.02 Å². The van der Waals surface area contributed by atoms with Gasteiger partial charge in [0.25, 0.3) is 5.69 Å². The zero-order valence-electron chi connectivity index (χ0n) is 18.6. The van der Waals surface area contributed by atoms with Crippen molar-refractivity contribution in [2.45, 2.75) is 59.3 Å². The zero-order chi connectivity index (χ0) is 22.5. The lowest BCUT2D eigenvalue weighted by molar-refractivity contribution is -0.385. The number of nitrogens with zero attached hydrogens (tertiary/aromatic N) is 4. The number of nitro groups is 1. The SMILES string of the molecule is CCC(CC)c1ccc(Cl)c(/N=C2\NCCCCN2c2ncc([N+](=O)[O-])cc2C)c1C. The van der Waals surface area contributed by atoms with E-state index in [2.05, 4.69) is 37.1 Å². The van der Waals surface area contributed by atoms with E-state index in [0.29, 0.717) is 22.7 Å². The van der Waals surface area contributed by atoms with Crippen molar-refractivity contribution in [2.75, 3.05) is 18.0 Å². The third kappa shape index (κ3) is 4.98. The van der Waals surface area contributed by atoms with Crippen molar-refractivity contribution < 1.29 is 4.92 Å². The molecule has 0 bridgehead atoms. The summed E-state index contributed by atoms with van der Waals surface area (Å²) in [5.74, 6) is 1.81. The van der Waals surface area contributed by atoms with Gasteiger partial charge in [-0.15, -0.1) is 0 Å². The largest absolute Gasteiger partial charge is 0.356 e. The van der Waals surface area contributed by atoms with Crippen LogP contribution < -0.4 is 10.2 Å². The molecule has 2 aromatic rings. The maximum atomic E-state index is 11.1. The van der Waals surface area contributed by atoms with Gasteiger partial charge in [0.2, 0.25) is 5.96 Å². The highest BCUT2D eigenvalue weighted by molar-refractivity contribution is 6.33. The van der Waals surface area contributed by atoms with Crippen LogP contribution in [0.1, 0.15) is 62.1 Å². The van der Waals surface area contributed by atoms with Gasteiger partial charge in [0.15, 0.2) is 0 Å². The first-order valence-corrected chi connectivity index (χ1v) is 11.2. The van der Waals surface area contributed by atoms with Crippen molar-refractivity contribution in [3.05, 3.63) is 56.2 Å². The number of hydrogen-bond donors (Lipinski definition) is 1. The van der Waals surface area contributed by atoms with E-state index < -0.39 is 4.92 Å². The van der Waals surface area contributed by atoms with Gasteiger partial charge < -0.3 is 5.32 Å². The average Bonchev–Trinajstić information content (AvgIpc) is 2.98. The summed E-state index contributed by atoms with van der Waals surface area (Å²) < 4.78 is 0. The molecule has 0 saturated carbocycles. The van der Waals surface area contributed by atoms with Crippen LogP contribution in [0, 0.1) is 24.0 Å². The lowest BCUT2D eigenvalue weighted by Crippen LogP contribution is -2.40. The van der Waals surface area contributed by atoms with E-state index in [0.717, 1.165) is 55.6 Å². The van der Waals surface area contributed by atoms with Crippen molar-refractivity contribution >= 4 is 34.8 Å². The molecule has 0 atom stereocenters. The average molecular weight is 444 g/mol. The number of halogens is 1. The van der Waals surface area contributed by atoms with E-state index >= 15 is 0 Å². The minimum Gasteiger partial charge on any atom is -0.356 e. The third-order valence-electron chi connectivity index (χ3n) is 5.92. The van der Waals surface area contributed by atoms with E-state index in [1.54, 1.807) is 6.07 Å². The third-order valence-corrected chi connectivity index (χ3v) is 6.22. The fourth-order valence-electron chi connectivity index (χ4n) is 4.13. The molecule has 0 radical (unpaired) electrons. The number of aryl methyl sites for hydroxylation is 1. The first-order valence-electron chi connectivity index (χ1n) is 10.9. The van der Waals surface area contributed by atoms with Crippen LogP contribution in [0.3, 0.4) is 0 Å². The Balaban J connectivity index is 2.09. The first kappa shape index (κ1) is 23.0. The van der Waals surface area contributed by atoms with Gasteiger partial charge in [-0.2, -0.15) is 0 Å². The summed E-state index contributed by atoms with van der Waals surface area (Å²) in [5, 5.41) is 15.1. The van der Waals surface area contributed by atoms with Crippen LogP contribution in [0.5, 0.6) is 0 Å².